The number of ether oxygens (including phenoxy) is 1. The molecule has 0 spiro atoms. The van der Waals surface area contributed by atoms with Crippen LogP contribution in [0.5, 0.6) is 5.75 Å². The normalized spacial score (nSPS) is 13.0. The maximum atomic E-state index is 13.3. The van der Waals surface area contributed by atoms with Crippen LogP contribution in [0.2, 0.25) is 0 Å². The van der Waals surface area contributed by atoms with E-state index in [-0.39, 0.29) is 17.7 Å². The van der Waals surface area contributed by atoms with Crippen molar-refractivity contribution in [3.8, 4) is 5.75 Å². The van der Waals surface area contributed by atoms with Gasteiger partial charge in [-0.2, -0.15) is 0 Å². The number of phenols is 1. The molecule has 3 N–H and O–H groups in total. The van der Waals surface area contributed by atoms with Gasteiger partial charge in [-0.3, -0.25) is 0 Å². The number of alkyl carbamates (subject to hydrolysis) is 1. The number of aromatic hydroxyl groups is 1. The van der Waals surface area contributed by atoms with Crippen LogP contribution in [0, 0.1) is 11.7 Å². The van der Waals surface area contributed by atoms with Crippen molar-refractivity contribution >= 4 is 6.09 Å². The molecule has 1 rings (SSSR count). The van der Waals surface area contributed by atoms with Gasteiger partial charge in [0.05, 0.1) is 0 Å². The van der Waals surface area contributed by atoms with Crippen LogP contribution in [0.3, 0.4) is 0 Å². The summed E-state index contributed by atoms with van der Waals surface area (Å²) in [5, 5.41) is 15.2. The summed E-state index contributed by atoms with van der Waals surface area (Å²) in [7, 11) is 0. The van der Waals surface area contributed by atoms with Gasteiger partial charge < -0.3 is 20.5 Å². The molecule has 0 aliphatic carbocycles. The third kappa shape index (κ3) is 7.32. The van der Waals surface area contributed by atoms with Crippen LogP contribution in [0.25, 0.3) is 0 Å². The Labute approximate surface area is 137 Å². The summed E-state index contributed by atoms with van der Waals surface area (Å²) in [6.45, 7) is 10.4. The van der Waals surface area contributed by atoms with E-state index in [0.29, 0.717) is 13.1 Å². The number of carbonyl (C=O) groups excluding carboxylic acids is 1. The number of benzene rings is 1. The molecule has 0 heterocycles. The van der Waals surface area contributed by atoms with Crippen LogP contribution < -0.4 is 10.6 Å². The Kier molecular flexibility index (Phi) is 6.81. The van der Waals surface area contributed by atoms with Crippen molar-refractivity contribution in [2.45, 2.75) is 52.8 Å². The predicted octanol–water partition coefficient (Wildman–Crippen LogP) is 3.17. The van der Waals surface area contributed by atoms with E-state index in [1.54, 1.807) is 6.07 Å². The second kappa shape index (κ2) is 8.15. The predicted molar refractivity (Wildman–Crippen MR) is 87.8 cm³/mol. The van der Waals surface area contributed by atoms with E-state index in [0.717, 1.165) is 5.56 Å². The number of phenolic OH excluding ortho intramolecular Hbond substituents is 1. The fourth-order valence-corrected chi connectivity index (χ4v) is 1.94. The van der Waals surface area contributed by atoms with Crippen molar-refractivity contribution in [1.29, 1.82) is 0 Å². The quantitative estimate of drug-likeness (QED) is 0.751. The lowest BCUT2D eigenvalue weighted by atomic mass is 10.0. The topological polar surface area (TPSA) is 70.6 Å². The first-order valence-corrected chi connectivity index (χ1v) is 7.76. The van der Waals surface area contributed by atoms with Gasteiger partial charge in [0, 0.05) is 19.1 Å². The first-order valence-electron chi connectivity index (χ1n) is 7.76. The minimum atomic E-state index is -0.642. The van der Waals surface area contributed by atoms with Gasteiger partial charge in [-0.25, -0.2) is 9.18 Å². The number of hydrogen-bond donors (Lipinski definition) is 3. The second-order valence-corrected chi connectivity index (χ2v) is 6.91. The number of nitrogens with one attached hydrogen (secondary N) is 2. The fraction of sp³-hybridized carbons (Fsp3) is 0.588. The Hall–Kier alpha value is -1.82. The summed E-state index contributed by atoms with van der Waals surface area (Å²) in [5.74, 6) is -0.788. The maximum Gasteiger partial charge on any atom is 0.407 e. The Bertz CT molecular complexity index is 527. The van der Waals surface area contributed by atoms with Gasteiger partial charge in [-0.1, -0.05) is 19.9 Å². The molecule has 0 radical (unpaired) electrons. The molecule has 1 atom stereocenters. The number of rotatable bonds is 6. The fourth-order valence-electron chi connectivity index (χ4n) is 1.94. The van der Waals surface area contributed by atoms with Crippen LogP contribution in [-0.4, -0.2) is 29.4 Å². The van der Waals surface area contributed by atoms with Crippen LogP contribution in [0.4, 0.5) is 9.18 Å². The average Bonchev–Trinajstić information content (AvgIpc) is 2.39. The van der Waals surface area contributed by atoms with Gasteiger partial charge in [-0.15, -0.1) is 0 Å². The molecular formula is C17H27FN2O3. The van der Waals surface area contributed by atoms with Crippen molar-refractivity contribution in [2.75, 3.05) is 6.54 Å². The first kappa shape index (κ1) is 19.2. The lowest BCUT2D eigenvalue weighted by Gasteiger charge is -2.26. The summed E-state index contributed by atoms with van der Waals surface area (Å²) >= 11 is 0. The molecule has 1 unspecified atom stereocenters. The molecule has 130 valence electrons. The van der Waals surface area contributed by atoms with Gasteiger partial charge in [-0.05, 0) is 44.4 Å². The zero-order valence-electron chi connectivity index (χ0n) is 14.4. The van der Waals surface area contributed by atoms with Crippen molar-refractivity contribution in [3.63, 3.8) is 0 Å². The SMILES string of the molecule is CC(C)C(CNCc1ccc(O)c(F)c1)NC(=O)OC(C)(C)C. The molecule has 23 heavy (non-hydrogen) atoms. The van der Waals surface area contributed by atoms with Gasteiger partial charge in [0.2, 0.25) is 0 Å². The Morgan fingerprint density at radius 2 is 2.00 bits per heavy atom. The smallest absolute Gasteiger partial charge is 0.407 e. The molecule has 1 aromatic rings. The van der Waals surface area contributed by atoms with Crippen LogP contribution in [-0.2, 0) is 11.3 Å². The van der Waals surface area contributed by atoms with E-state index in [9.17, 15) is 9.18 Å². The van der Waals surface area contributed by atoms with E-state index in [2.05, 4.69) is 10.6 Å². The molecule has 1 aromatic carbocycles. The number of carbonyl (C=O) groups is 1. The minimum absolute atomic E-state index is 0.105. The molecule has 0 aromatic heterocycles. The number of halogens is 1. The van der Waals surface area contributed by atoms with Crippen LogP contribution in [0.15, 0.2) is 18.2 Å². The summed E-state index contributed by atoms with van der Waals surface area (Å²) in [4.78, 5) is 11.9. The van der Waals surface area contributed by atoms with Crippen molar-refractivity contribution in [1.82, 2.24) is 10.6 Å². The molecule has 0 bridgehead atoms. The zero-order valence-corrected chi connectivity index (χ0v) is 14.4. The van der Waals surface area contributed by atoms with E-state index in [1.165, 1.54) is 12.1 Å². The first-order chi connectivity index (χ1) is 10.6. The van der Waals surface area contributed by atoms with Crippen LogP contribution >= 0.6 is 0 Å². The number of amides is 1. The van der Waals surface area contributed by atoms with E-state index in [1.807, 2.05) is 34.6 Å². The summed E-state index contributed by atoms with van der Waals surface area (Å²) in [5.41, 5.74) is 0.183. The number of hydrogen-bond acceptors (Lipinski definition) is 4. The molecular weight excluding hydrogens is 299 g/mol. The van der Waals surface area contributed by atoms with Crippen molar-refractivity contribution in [2.24, 2.45) is 5.92 Å². The van der Waals surface area contributed by atoms with E-state index in [4.69, 9.17) is 9.84 Å². The van der Waals surface area contributed by atoms with Gasteiger partial charge >= 0.3 is 6.09 Å². The minimum Gasteiger partial charge on any atom is -0.505 e. The highest BCUT2D eigenvalue weighted by atomic mass is 19.1. The Morgan fingerprint density at radius 1 is 1.35 bits per heavy atom. The third-order valence-electron chi connectivity index (χ3n) is 3.21. The molecule has 0 saturated carbocycles. The molecule has 0 aliphatic heterocycles. The van der Waals surface area contributed by atoms with Gasteiger partial charge in [0.1, 0.15) is 5.60 Å². The molecule has 0 aliphatic rings. The molecule has 0 fully saturated rings. The lowest BCUT2D eigenvalue weighted by Crippen LogP contribution is -2.46. The second-order valence-electron chi connectivity index (χ2n) is 6.91. The summed E-state index contributed by atoms with van der Waals surface area (Å²) in [6, 6.07) is 4.16. The highest BCUT2D eigenvalue weighted by Gasteiger charge is 2.21. The standard InChI is InChI=1S/C17H27FN2O3/c1-11(2)14(20-16(22)23-17(3,4)5)10-19-9-12-6-7-15(21)13(18)8-12/h6-8,11,14,19,21H,9-10H2,1-5H3,(H,20,22). The highest BCUT2D eigenvalue weighted by molar-refractivity contribution is 5.68. The lowest BCUT2D eigenvalue weighted by molar-refractivity contribution is 0.0490. The Balaban J connectivity index is 2.50. The van der Waals surface area contributed by atoms with Crippen molar-refractivity contribution < 1.29 is 19.0 Å². The van der Waals surface area contributed by atoms with Gasteiger partial charge in [0.25, 0.3) is 0 Å². The third-order valence-corrected chi connectivity index (χ3v) is 3.21. The van der Waals surface area contributed by atoms with Crippen molar-refractivity contribution in [3.05, 3.63) is 29.6 Å². The molecule has 0 saturated heterocycles. The summed E-state index contributed by atoms with van der Waals surface area (Å²) in [6.07, 6.45) is -0.450. The monoisotopic (exact) mass is 326 g/mol. The highest BCUT2D eigenvalue weighted by Crippen LogP contribution is 2.16. The molecule has 5 nitrogen and oxygen atoms in total. The van der Waals surface area contributed by atoms with E-state index < -0.39 is 17.5 Å². The van der Waals surface area contributed by atoms with Gasteiger partial charge in [0.15, 0.2) is 11.6 Å². The van der Waals surface area contributed by atoms with E-state index >= 15 is 0 Å². The zero-order chi connectivity index (χ0) is 17.6. The summed E-state index contributed by atoms with van der Waals surface area (Å²) < 4.78 is 18.5. The van der Waals surface area contributed by atoms with Crippen LogP contribution in [0.1, 0.15) is 40.2 Å². The molecule has 6 heteroatoms. The average molecular weight is 326 g/mol. The largest absolute Gasteiger partial charge is 0.505 e. The molecule has 1 amide bonds. The maximum absolute atomic E-state index is 13.3. The Morgan fingerprint density at radius 3 is 2.52 bits per heavy atom.